The van der Waals surface area contributed by atoms with Gasteiger partial charge in [-0.2, -0.15) is 10.2 Å². The van der Waals surface area contributed by atoms with Gasteiger partial charge in [0.1, 0.15) is 5.84 Å². The van der Waals surface area contributed by atoms with Crippen LogP contribution in [0.25, 0.3) is 11.3 Å². The molecular weight excluding hydrogens is 394 g/mol. The van der Waals surface area contributed by atoms with E-state index in [9.17, 15) is 9.59 Å². The van der Waals surface area contributed by atoms with Gasteiger partial charge < -0.3 is 15.8 Å². The van der Waals surface area contributed by atoms with Crippen molar-refractivity contribution in [2.75, 3.05) is 7.11 Å². The number of rotatable bonds is 5. The molecule has 2 aromatic rings. The molecule has 0 unspecified atom stereocenters. The van der Waals surface area contributed by atoms with Crippen LogP contribution < -0.4 is 11.1 Å². The van der Waals surface area contributed by atoms with Crippen LogP contribution in [-0.2, 0) is 9.53 Å². The molecule has 9 heteroatoms. The Morgan fingerprint density at radius 3 is 2.38 bits per heavy atom. The molecular formula is C20H24ClN5O3. The Morgan fingerprint density at radius 2 is 1.79 bits per heavy atom. The highest BCUT2D eigenvalue weighted by molar-refractivity contribution is 5.96. The van der Waals surface area contributed by atoms with E-state index in [4.69, 9.17) is 15.9 Å². The summed E-state index contributed by atoms with van der Waals surface area (Å²) in [7, 11) is 1.40. The number of nitrogens with zero attached hydrogens (tertiary/aromatic N) is 2. The summed E-state index contributed by atoms with van der Waals surface area (Å²) in [5.74, 6) is -0.473. The lowest BCUT2D eigenvalue weighted by molar-refractivity contribution is -0.146. The van der Waals surface area contributed by atoms with Gasteiger partial charge >= 0.3 is 5.97 Å². The van der Waals surface area contributed by atoms with E-state index in [0.717, 1.165) is 18.4 Å². The molecule has 1 aromatic heterocycles. The van der Waals surface area contributed by atoms with Crippen molar-refractivity contribution >= 4 is 30.1 Å². The van der Waals surface area contributed by atoms with E-state index < -0.39 is 0 Å². The molecule has 3 rings (SSSR count). The summed E-state index contributed by atoms with van der Waals surface area (Å²) in [6.45, 7) is 0. The van der Waals surface area contributed by atoms with Gasteiger partial charge in [-0.3, -0.25) is 15.0 Å². The largest absolute Gasteiger partial charge is 0.469 e. The van der Waals surface area contributed by atoms with Crippen molar-refractivity contribution in [1.29, 1.82) is 5.41 Å². The number of hydrogen-bond donors (Lipinski definition) is 3. The maximum absolute atomic E-state index is 12.6. The first kappa shape index (κ1) is 22.3. The standard InChI is InChI=1S/C20H23N5O3.ClH/c1-28-20(27)14-6-8-16(9-7-14)24-19(26)15-10-17(25-23-11-15)12-2-4-13(5-3-12)18(21)22;/h2-5,10-11,14,16H,6-9H2,1H3,(H3,21,22)(H,24,26);1H. The molecule has 1 aliphatic rings. The summed E-state index contributed by atoms with van der Waals surface area (Å²) < 4.78 is 4.79. The topological polar surface area (TPSA) is 131 Å². The zero-order valence-electron chi connectivity index (χ0n) is 16.1. The van der Waals surface area contributed by atoms with Gasteiger partial charge in [-0.05, 0) is 31.7 Å². The van der Waals surface area contributed by atoms with Crippen LogP contribution in [-0.4, -0.2) is 41.1 Å². The average molecular weight is 418 g/mol. The number of carbonyl (C=O) groups excluding carboxylic acids is 2. The Hall–Kier alpha value is -3.00. The van der Waals surface area contributed by atoms with Crippen LogP contribution in [0.3, 0.4) is 0 Å². The molecule has 8 nitrogen and oxygen atoms in total. The molecule has 154 valence electrons. The molecule has 1 heterocycles. The van der Waals surface area contributed by atoms with Gasteiger partial charge in [-0.25, -0.2) is 0 Å². The van der Waals surface area contributed by atoms with Gasteiger partial charge in [-0.15, -0.1) is 12.4 Å². The van der Waals surface area contributed by atoms with E-state index in [1.165, 1.54) is 13.3 Å². The minimum Gasteiger partial charge on any atom is -0.469 e. The minimum absolute atomic E-state index is 0. The summed E-state index contributed by atoms with van der Waals surface area (Å²) in [5.41, 5.74) is 7.86. The maximum atomic E-state index is 12.6. The zero-order valence-corrected chi connectivity index (χ0v) is 16.9. The van der Waals surface area contributed by atoms with Gasteiger partial charge in [0.05, 0.1) is 30.5 Å². The number of benzene rings is 1. The van der Waals surface area contributed by atoms with Crippen LogP contribution in [0.15, 0.2) is 36.5 Å². The van der Waals surface area contributed by atoms with E-state index in [1.54, 1.807) is 30.3 Å². The van der Waals surface area contributed by atoms with Crippen molar-refractivity contribution in [3.8, 4) is 11.3 Å². The smallest absolute Gasteiger partial charge is 0.308 e. The van der Waals surface area contributed by atoms with E-state index in [2.05, 4.69) is 15.5 Å². The van der Waals surface area contributed by atoms with Crippen LogP contribution in [0, 0.1) is 11.3 Å². The van der Waals surface area contributed by atoms with Crippen LogP contribution in [0.5, 0.6) is 0 Å². The summed E-state index contributed by atoms with van der Waals surface area (Å²) in [6, 6.07) is 8.75. The number of aromatic nitrogens is 2. The Bertz CT molecular complexity index is 880. The minimum atomic E-state index is -0.210. The number of halogens is 1. The molecule has 0 bridgehead atoms. The molecule has 29 heavy (non-hydrogen) atoms. The van der Waals surface area contributed by atoms with Crippen LogP contribution in [0.1, 0.15) is 41.6 Å². The number of ether oxygens (including phenoxy) is 1. The van der Waals surface area contributed by atoms with Crippen molar-refractivity contribution in [2.45, 2.75) is 31.7 Å². The summed E-state index contributed by atoms with van der Waals surface area (Å²) in [6.07, 6.45) is 4.33. The fourth-order valence-corrected chi connectivity index (χ4v) is 3.36. The first-order chi connectivity index (χ1) is 13.5. The molecule has 1 aromatic carbocycles. The molecule has 4 N–H and O–H groups in total. The second-order valence-corrected chi connectivity index (χ2v) is 6.87. The quantitative estimate of drug-likeness (QED) is 0.388. The van der Waals surface area contributed by atoms with E-state index in [0.29, 0.717) is 29.7 Å². The lowest BCUT2D eigenvalue weighted by Gasteiger charge is -2.27. The summed E-state index contributed by atoms with van der Waals surface area (Å²) in [5, 5.41) is 18.5. The first-order valence-electron chi connectivity index (χ1n) is 9.14. The third kappa shape index (κ3) is 5.51. The molecule has 1 saturated carbocycles. The van der Waals surface area contributed by atoms with Gasteiger partial charge in [0.15, 0.2) is 0 Å². The summed E-state index contributed by atoms with van der Waals surface area (Å²) >= 11 is 0. The van der Waals surface area contributed by atoms with E-state index in [-0.39, 0.29) is 42.1 Å². The number of amides is 1. The normalized spacial score (nSPS) is 18.2. The second kappa shape index (κ2) is 9.97. The van der Waals surface area contributed by atoms with Gasteiger partial charge in [0.2, 0.25) is 0 Å². The van der Waals surface area contributed by atoms with Crippen molar-refractivity contribution in [2.24, 2.45) is 11.7 Å². The number of nitrogen functional groups attached to an aromatic ring is 1. The second-order valence-electron chi connectivity index (χ2n) is 6.87. The lowest BCUT2D eigenvalue weighted by atomic mass is 9.86. The highest BCUT2D eigenvalue weighted by Gasteiger charge is 2.27. The predicted octanol–water partition coefficient (Wildman–Crippen LogP) is 2.31. The number of nitrogens with two attached hydrogens (primary N) is 1. The number of methoxy groups -OCH3 is 1. The third-order valence-corrected chi connectivity index (χ3v) is 5.01. The average Bonchev–Trinajstić information content (AvgIpc) is 2.74. The third-order valence-electron chi connectivity index (χ3n) is 5.01. The first-order valence-corrected chi connectivity index (χ1v) is 9.14. The fraction of sp³-hybridized carbons (Fsp3) is 0.350. The van der Waals surface area contributed by atoms with Crippen LogP contribution in [0.2, 0.25) is 0 Å². The zero-order chi connectivity index (χ0) is 20.1. The van der Waals surface area contributed by atoms with Crippen LogP contribution >= 0.6 is 12.4 Å². The molecule has 1 amide bonds. The monoisotopic (exact) mass is 417 g/mol. The molecule has 1 aliphatic carbocycles. The van der Waals surface area contributed by atoms with Crippen molar-refractivity contribution in [3.05, 3.63) is 47.7 Å². The van der Waals surface area contributed by atoms with Gasteiger partial charge in [0.25, 0.3) is 5.91 Å². The number of nitrogens with one attached hydrogen (secondary N) is 2. The molecule has 0 saturated heterocycles. The van der Waals surface area contributed by atoms with Gasteiger partial charge in [0, 0.05) is 17.2 Å². The highest BCUT2D eigenvalue weighted by atomic mass is 35.5. The number of hydrogen-bond acceptors (Lipinski definition) is 6. The summed E-state index contributed by atoms with van der Waals surface area (Å²) in [4.78, 5) is 24.2. The van der Waals surface area contributed by atoms with Crippen molar-refractivity contribution in [1.82, 2.24) is 15.5 Å². The molecule has 0 spiro atoms. The van der Waals surface area contributed by atoms with Crippen molar-refractivity contribution in [3.63, 3.8) is 0 Å². The molecule has 1 fully saturated rings. The number of carbonyl (C=O) groups is 2. The molecule has 0 atom stereocenters. The molecule has 0 radical (unpaired) electrons. The fourth-order valence-electron chi connectivity index (χ4n) is 3.36. The number of esters is 1. The Balaban J connectivity index is 0.00000300. The molecule has 0 aliphatic heterocycles. The maximum Gasteiger partial charge on any atom is 0.308 e. The van der Waals surface area contributed by atoms with Crippen molar-refractivity contribution < 1.29 is 14.3 Å². The number of amidine groups is 1. The highest BCUT2D eigenvalue weighted by Crippen LogP contribution is 2.25. The Morgan fingerprint density at radius 1 is 1.14 bits per heavy atom. The Kier molecular flexibility index (Phi) is 7.67. The SMILES string of the molecule is COC(=O)C1CCC(NC(=O)c2cnnc(-c3ccc(C(=N)N)cc3)c2)CC1.Cl. The Labute approximate surface area is 175 Å². The van der Waals surface area contributed by atoms with Gasteiger partial charge in [-0.1, -0.05) is 24.3 Å². The lowest BCUT2D eigenvalue weighted by Crippen LogP contribution is -2.39. The van der Waals surface area contributed by atoms with E-state index >= 15 is 0 Å². The predicted molar refractivity (Wildman–Crippen MR) is 111 cm³/mol. The van der Waals surface area contributed by atoms with E-state index in [1.807, 2.05) is 0 Å². The van der Waals surface area contributed by atoms with Crippen LogP contribution in [0.4, 0.5) is 0 Å².